The summed E-state index contributed by atoms with van der Waals surface area (Å²) >= 11 is 1.85. The molecule has 9 heteroatoms. The van der Waals surface area contributed by atoms with E-state index >= 15 is 0 Å². The highest BCUT2D eigenvalue weighted by molar-refractivity contribution is 7.16. The van der Waals surface area contributed by atoms with Crippen molar-refractivity contribution in [2.45, 2.75) is 90.9 Å². The topological polar surface area (TPSA) is 74.0 Å². The standard InChI is InChI=1S/C40H53N5O3S/c1-6-8-10-12-14-19-25-44(26-20-15-13-11-9-7-2)36-24-23-32(49-36)29-33-37(30-21-17-16-18-22-30)43-45-39(33)41-42-40(45)34-27-31(46-3)28-35(47-4)38(34)48-5/h16-18,21-24,27-29H,6-15,19-20,25-26H2,1-5H3. The average molecular weight is 684 g/mol. The lowest BCUT2D eigenvalue weighted by molar-refractivity contribution is 0.350. The van der Waals surface area contributed by atoms with Crippen LogP contribution >= 0.6 is 11.3 Å². The Morgan fingerprint density at radius 1 is 0.735 bits per heavy atom. The van der Waals surface area contributed by atoms with Gasteiger partial charge in [0.05, 0.1) is 37.1 Å². The van der Waals surface area contributed by atoms with E-state index in [0.29, 0.717) is 34.3 Å². The fraction of sp³-hybridized carbons (Fsp3) is 0.475. The van der Waals surface area contributed by atoms with Gasteiger partial charge in [-0.1, -0.05) is 108 Å². The van der Waals surface area contributed by atoms with Gasteiger partial charge in [-0.15, -0.1) is 21.5 Å². The Bertz CT molecular complexity index is 1770. The summed E-state index contributed by atoms with van der Waals surface area (Å²) in [6.07, 6.45) is 17.9. The van der Waals surface area contributed by atoms with Crippen molar-refractivity contribution in [3.63, 3.8) is 0 Å². The minimum atomic E-state index is 0.547. The maximum atomic E-state index is 5.79. The fourth-order valence-corrected chi connectivity index (χ4v) is 7.37. The van der Waals surface area contributed by atoms with Crippen LogP contribution in [0, 0.1) is 0 Å². The van der Waals surface area contributed by atoms with Crippen molar-refractivity contribution in [2.75, 3.05) is 39.3 Å². The van der Waals surface area contributed by atoms with Crippen LogP contribution in [0.3, 0.4) is 0 Å². The molecule has 0 unspecified atom stereocenters. The SMILES string of the molecule is CCCCCCCCN(CCCCCCCC)c1ccc(C=c2c(-c3ccccc3)nn3c(-c4cc(OC)cc(OC)c4OC)nnc23)s1. The number of nitrogens with zero attached hydrogens (tertiary/aromatic N) is 5. The molecular formula is C40H53N5O3S. The van der Waals surface area contributed by atoms with Gasteiger partial charge in [-0.25, -0.2) is 0 Å². The number of methoxy groups -OCH3 is 3. The van der Waals surface area contributed by atoms with Gasteiger partial charge in [0.25, 0.3) is 0 Å². The smallest absolute Gasteiger partial charge is 0.189 e. The second-order valence-electron chi connectivity index (χ2n) is 12.6. The van der Waals surface area contributed by atoms with E-state index in [1.807, 2.05) is 40.1 Å². The largest absolute Gasteiger partial charge is 0.497 e. The maximum Gasteiger partial charge on any atom is 0.189 e. The Morgan fingerprint density at radius 2 is 1.41 bits per heavy atom. The highest BCUT2D eigenvalue weighted by atomic mass is 32.1. The molecule has 0 aliphatic heterocycles. The van der Waals surface area contributed by atoms with Gasteiger partial charge in [-0.3, -0.25) is 0 Å². The van der Waals surface area contributed by atoms with Crippen molar-refractivity contribution in [1.29, 1.82) is 0 Å². The molecule has 49 heavy (non-hydrogen) atoms. The van der Waals surface area contributed by atoms with Crippen LogP contribution in [0.4, 0.5) is 5.00 Å². The highest BCUT2D eigenvalue weighted by Gasteiger charge is 2.23. The van der Waals surface area contributed by atoms with Crippen molar-refractivity contribution in [1.82, 2.24) is 19.8 Å². The molecule has 0 saturated heterocycles. The average Bonchev–Trinajstić information content (AvgIpc) is 3.87. The zero-order chi connectivity index (χ0) is 34.4. The van der Waals surface area contributed by atoms with E-state index in [-0.39, 0.29) is 0 Å². The zero-order valence-corrected chi connectivity index (χ0v) is 30.9. The number of benzene rings is 2. The van der Waals surface area contributed by atoms with E-state index in [4.69, 9.17) is 19.3 Å². The van der Waals surface area contributed by atoms with Gasteiger partial charge < -0.3 is 19.1 Å². The lowest BCUT2D eigenvalue weighted by atomic mass is 10.1. The van der Waals surface area contributed by atoms with Crippen LogP contribution in [0.15, 0.2) is 54.6 Å². The van der Waals surface area contributed by atoms with Gasteiger partial charge in [0.1, 0.15) is 11.4 Å². The first-order valence-corrected chi connectivity index (χ1v) is 18.9. The summed E-state index contributed by atoms with van der Waals surface area (Å²) in [5.41, 5.74) is 3.24. The number of hydrogen-bond acceptors (Lipinski definition) is 8. The van der Waals surface area contributed by atoms with Crippen LogP contribution in [-0.4, -0.2) is 54.2 Å². The molecule has 0 aliphatic carbocycles. The molecule has 0 atom stereocenters. The molecule has 8 nitrogen and oxygen atoms in total. The number of thiophene rings is 1. The molecular weight excluding hydrogens is 631 g/mol. The predicted octanol–water partition coefficient (Wildman–Crippen LogP) is 9.62. The van der Waals surface area contributed by atoms with Gasteiger partial charge in [0.15, 0.2) is 23.0 Å². The third kappa shape index (κ3) is 9.12. The van der Waals surface area contributed by atoms with Crippen molar-refractivity contribution in [3.8, 4) is 39.9 Å². The number of hydrogen-bond donors (Lipinski definition) is 0. The van der Waals surface area contributed by atoms with E-state index in [2.05, 4.69) is 59.3 Å². The molecule has 0 N–H and O–H groups in total. The molecule has 0 bridgehead atoms. The van der Waals surface area contributed by atoms with Crippen LogP contribution in [0.1, 0.15) is 95.8 Å². The van der Waals surface area contributed by atoms with Gasteiger partial charge in [0.2, 0.25) is 0 Å². The van der Waals surface area contributed by atoms with Crippen LogP contribution < -0.4 is 24.3 Å². The number of rotatable bonds is 21. The monoisotopic (exact) mass is 683 g/mol. The second kappa shape index (κ2) is 18.6. The number of anilines is 1. The second-order valence-corrected chi connectivity index (χ2v) is 13.7. The summed E-state index contributed by atoms with van der Waals surface area (Å²) in [6.45, 7) is 6.78. The van der Waals surface area contributed by atoms with Gasteiger partial charge >= 0.3 is 0 Å². The minimum Gasteiger partial charge on any atom is -0.497 e. The van der Waals surface area contributed by atoms with Crippen LogP contribution in [0.5, 0.6) is 17.2 Å². The van der Waals surface area contributed by atoms with Gasteiger partial charge in [-0.2, -0.15) is 9.61 Å². The van der Waals surface area contributed by atoms with Crippen molar-refractivity contribution >= 4 is 28.1 Å². The molecule has 0 spiro atoms. The third-order valence-electron chi connectivity index (χ3n) is 9.09. The molecule has 0 saturated carbocycles. The van der Waals surface area contributed by atoms with Crippen molar-refractivity contribution in [3.05, 3.63) is 64.7 Å². The van der Waals surface area contributed by atoms with E-state index < -0.39 is 0 Å². The summed E-state index contributed by atoms with van der Waals surface area (Å²) < 4.78 is 18.8. The Morgan fingerprint density at radius 3 is 2.04 bits per heavy atom. The molecule has 5 rings (SSSR count). The van der Waals surface area contributed by atoms with Crippen molar-refractivity contribution < 1.29 is 14.2 Å². The van der Waals surface area contributed by atoms with Crippen LogP contribution in [-0.2, 0) is 0 Å². The summed E-state index contributed by atoms with van der Waals surface area (Å²) in [7, 11) is 4.86. The number of aromatic nitrogens is 4. The molecule has 5 aromatic rings. The van der Waals surface area contributed by atoms with E-state index in [9.17, 15) is 0 Å². The van der Waals surface area contributed by atoms with E-state index in [1.165, 1.54) is 86.9 Å². The quantitative estimate of drug-likeness (QED) is 0.0713. The lowest BCUT2D eigenvalue weighted by Gasteiger charge is -2.23. The first kappa shape index (κ1) is 36.2. The minimum absolute atomic E-state index is 0.547. The number of ether oxygens (including phenoxy) is 3. The Balaban J connectivity index is 1.50. The first-order valence-electron chi connectivity index (χ1n) is 18.1. The summed E-state index contributed by atoms with van der Waals surface area (Å²) in [5, 5.41) is 16.7. The first-order chi connectivity index (χ1) is 24.1. The number of fused-ring (bicyclic) bond motifs is 1. The molecule has 0 fully saturated rings. The maximum absolute atomic E-state index is 5.79. The van der Waals surface area contributed by atoms with Crippen LogP contribution in [0.25, 0.3) is 34.4 Å². The summed E-state index contributed by atoms with van der Waals surface area (Å²) in [6, 6.07) is 18.5. The molecule has 3 aromatic heterocycles. The van der Waals surface area contributed by atoms with Gasteiger partial charge in [-0.05, 0) is 37.1 Å². The Labute approximate surface area is 296 Å². The van der Waals surface area contributed by atoms with Crippen molar-refractivity contribution in [2.24, 2.45) is 0 Å². The lowest BCUT2D eigenvalue weighted by Crippen LogP contribution is -2.24. The van der Waals surface area contributed by atoms with Gasteiger partial charge in [0, 0.05) is 29.6 Å². The Hall–Kier alpha value is -4.11. The molecule has 0 amide bonds. The van der Waals surface area contributed by atoms with E-state index in [1.54, 1.807) is 27.4 Å². The fourth-order valence-electron chi connectivity index (χ4n) is 6.37. The zero-order valence-electron chi connectivity index (χ0n) is 30.0. The summed E-state index contributed by atoms with van der Waals surface area (Å²) in [4.78, 5) is 3.79. The number of unbranched alkanes of at least 4 members (excludes halogenated alkanes) is 10. The summed E-state index contributed by atoms with van der Waals surface area (Å²) in [5.74, 6) is 2.28. The van der Waals surface area contributed by atoms with Crippen LogP contribution in [0.2, 0.25) is 0 Å². The molecule has 262 valence electrons. The molecule has 0 aliphatic rings. The molecule has 2 aromatic carbocycles. The predicted molar refractivity (Wildman–Crippen MR) is 203 cm³/mol. The normalized spacial score (nSPS) is 11.8. The Kier molecular flexibility index (Phi) is 13.7. The molecule has 3 heterocycles. The third-order valence-corrected chi connectivity index (χ3v) is 10.2. The highest BCUT2D eigenvalue weighted by Crippen LogP contribution is 2.41. The molecule has 0 radical (unpaired) electrons. The van der Waals surface area contributed by atoms with E-state index in [0.717, 1.165) is 29.6 Å².